The van der Waals surface area contributed by atoms with Gasteiger partial charge in [0.2, 0.25) is 33.3 Å². The lowest BCUT2D eigenvalue weighted by molar-refractivity contribution is -0.244. The first kappa shape index (κ1) is 44.2. The second-order valence-corrected chi connectivity index (χ2v) is 19.1. The van der Waals surface area contributed by atoms with Crippen molar-refractivity contribution in [3.05, 3.63) is 41.6 Å². The van der Waals surface area contributed by atoms with Crippen molar-refractivity contribution >= 4 is 56.2 Å². The number of aromatic nitrogens is 1. The summed E-state index contributed by atoms with van der Waals surface area (Å²) in [6.45, 7) is 3.40. The van der Waals surface area contributed by atoms with Crippen molar-refractivity contribution in [1.29, 1.82) is 0 Å². The molecule has 0 unspecified atom stereocenters. The van der Waals surface area contributed by atoms with Crippen LogP contribution in [0.15, 0.2) is 36.5 Å². The molecule has 2 aromatic rings. The predicted molar refractivity (Wildman–Crippen MR) is 207 cm³/mol. The van der Waals surface area contributed by atoms with Crippen LogP contribution < -0.4 is 24.8 Å². The Morgan fingerprint density at radius 3 is 2.49 bits per heavy atom. The molecule has 7 atom stereocenters. The molecule has 1 saturated heterocycles. The van der Waals surface area contributed by atoms with Crippen LogP contribution in [-0.2, 0) is 29.1 Å². The van der Waals surface area contributed by atoms with Crippen molar-refractivity contribution in [3.8, 4) is 11.6 Å². The van der Waals surface area contributed by atoms with Crippen LogP contribution in [0.2, 0.25) is 5.02 Å². The highest BCUT2D eigenvalue weighted by atomic mass is 35.5. The molecule has 14 nitrogen and oxygen atoms in total. The monoisotopic (exact) mass is 873 g/mol. The van der Waals surface area contributed by atoms with Gasteiger partial charge in [0, 0.05) is 23.1 Å². The van der Waals surface area contributed by atoms with E-state index in [0.29, 0.717) is 54.7 Å². The maximum absolute atomic E-state index is 14.7. The molecule has 4 aliphatic rings. The lowest BCUT2D eigenvalue weighted by atomic mass is 9.88. The van der Waals surface area contributed by atoms with Crippen LogP contribution in [0.25, 0.3) is 10.8 Å². The SMILES string of the molecule is COc1cnc(O[C@@H]2C[C@H]3C(=O)N[C@]4(C(=O)NS(=O)(=O)C5(CF)CC5)C[C@H]4/C=C/CC[C@@H](C)C[C@@H](C)[C@H](NC(=O)OC(C)(C)C(F)(F)F)C(=O)N3C2)c2cccc(Cl)c12. The molecule has 0 radical (unpaired) electrons. The number of hydrogen-bond donors (Lipinski definition) is 3. The van der Waals surface area contributed by atoms with Gasteiger partial charge in [0.05, 0.1) is 24.9 Å². The van der Waals surface area contributed by atoms with Crippen molar-refractivity contribution in [1.82, 2.24) is 25.2 Å². The molecule has 0 spiro atoms. The van der Waals surface area contributed by atoms with Gasteiger partial charge in [-0.1, -0.05) is 43.7 Å². The summed E-state index contributed by atoms with van der Waals surface area (Å²) in [6.07, 6.45) is -1.29. The summed E-state index contributed by atoms with van der Waals surface area (Å²) in [4.78, 5) is 61.8. The number of alkyl halides is 4. The molecule has 0 bridgehead atoms. The number of halogens is 5. The fraction of sp³-hybridized carbons (Fsp3) is 0.615. The number of alkyl carbamates (subject to hydrolysis) is 1. The van der Waals surface area contributed by atoms with Gasteiger partial charge in [-0.3, -0.25) is 19.1 Å². The number of pyridine rings is 1. The second-order valence-electron chi connectivity index (χ2n) is 16.6. The molecule has 324 valence electrons. The maximum atomic E-state index is 14.7. The summed E-state index contributed by atoms with van der Waals surface area (Å²) in [7, 11) is -3.04. The lowest BCUT2D eigenvalue weighted by Gasteiger charge is -2.34. The van der Waals surface area contributed by atoms with Gasteiger partial charge in [0.25, 0.3) is 5.91 Å². The van der Waals surface area contributed by atoms with E-state index in [-0.39, 0.29) is 44.0 Å². The highest BCUT2D eigenvalue weighted by Gasteiger charge is 2.64. The number of hydrogen-bond acceptors (Lipinski definition) is 10. The second kappa shape index (κ2) is 16.2. The van der Waals surface area contributed by atoms with E-state index in [9.17, 15) is 45.2 Å². The zero-order chi connectivity index (χ0) is 43.3. The van der Waals surface area contributed by atoms with Crippen LogP contribution in [0.3, 0.4) is 0 Å². The fourth-order valence-corrected chi connectivity index (χ4v) is 9.50. The van der Waals surface area contributed by atoms with Gasteiger partial charge in [-0.2, -0.15) is 13.2 Å². The van der Waals surface area contributed by atoms with Crippen LogP contribution in [0, 0.1) is 17.8 Å². The molecule has 2 aliphatic carbocycles. The quantitative estimate of drug-likeness (QED) is 0.215. The topological polar surface area (TPSA) is 182 Å². The Hall–Kier alpha value is -4.39. The molecule has 20 heteroatoms. The Morgan fingerprint density at radius 2 is 1.85 bits per heavy atom. The predicted octanol–water partition coefficient (Wildman–Crippen LogP) is 5.52. The highest BCUT2D eigenvalue weighted by molar-refractivity contribution is 7.91. The van der Waals surface area contributed by atoms with Gasteiger partial charge in [0.1, 0.15) is 40.9 Å². The van der Waals surface area contributed by atoms with Crippen molar-refractivity contribution in [2.75, 3.05) is 20.3 Å². The van der Waals surface area contributed by atoms with Crippen LogP contribution >= 0.6 is 11.6 Å². The number of benzene rings is 1. The van der Waals surface area contributed by atoms with Crippen molar-refractivity contribution in [2.24, 2.45) is 17.8 Å². The zero-order valence-corrected chi connectivity index (χ0v) is 34.7. The minimum absolute atomic E-state index is 0.0000694. The minimum Gasteiger partial charge on any atom is -0.494 e. The highest BCUT2D eigenvalue weighted by Crippen LogP contribution is 2.48. The van der Waals surface area contributed by atoms with Gasteiger partial charge in [-0.05, 0) is 76.3 Å². The summed E-state index contributed by atoms with van der Waals surface area (Å²) < 4.78 is 98.2. The molecule has 2 saturated carbocycles. The number of amides is 4. The third kappa shape index (κ3) is 8.77. The molecule has 59 heavy (non-hydrogen) atoms. The first-order valence-corrected chi connectivity index (χ1v) is 21.2. The zero-order valence-electron chi connectivity index (χ0n) is 33.2. The first-order chi connectivity index (χ1) is 27.6. The van der Waals surface area contributed by atoms with Gasteiger partial charge in [0.15, 0.2) is 0 Å². The third-order valence-electron chi connectivity index (χ3n) is 11.9. The van der Waals surface area contributed by atoms with Crippen molar-refractivity contribution < 1.29 is 59.4 Å². The summed E-state index contributed by atoms with van der Waals surface area (Å²) in [6, 6.07) is 2.08. The number of carbonyl (C=O) groups is 4. The van der Waals surface area contributed by atoms with E-state index in [1.54, 1.807) is 37.3 Å². The summed E-state index contributed by atoms with van der Waals surface area (Å²) in [5.74, 6) is -3.77. The number of sulfonamides is 1. The smallest absolute Gasteiger partial charge is 0.427 e. The van der Waals surface area contributed by atoms with Gasteiger partial charge in [-0.25, -0.2) is 22.6 Å². The Bertz CT molecular complexity index is 2140. The number of methoxy groups -OCH3 is 1. The number of fused-ring (bicyclic) bond motifs is 3. The summed E-state index contributed by atoms with van der Waals surface area (Å²) in [5.41, 5.74) is -4.70. The molecular formula is C39H48ClF4N5O9S. The largest absolute Gasteiger partial charge is 0.494 e. The average Bonchev–Trinajstić information content (AvgIpc) is 4.06. The Labute approximate surface area is 344 Å². The standard InChI is InChI=1S/C39H48ClF4N5O9S/c1-21-9-6-7-10-23-17-38(23,34(52)48-59(54,55)37(20-41)13-14-37)47-31(50)27-16-24(57-32-25-11-8-12-26(40)29(25)28(56-5)18-45-32)19-49(27)33(51)30(22(2)15-21)46-35(53)58-36(3,4)39(42,43)44/h7-8,10-12,18,21-24,27,30H,6,9,13-17,19-20H2,1-5H3,(H,46,53)(H,47,50)(H,48,52)/b10-7+/t21-,22-,23-,24-,27+,30+,38-/m1/s1. The molecule has 3 N–H and O–H groups in total. The molecule has 2 aliphatic heterocycles. The number of rotatable bonds is 9. The van der Waals surface area contributed by atoms with E-state index in [1.165, 1.54) is 13.3 Å². The van der Waals surface area contributed by atoms with E-state index >= 15 is 0 Å². The number of allylic oxidation sites excluding steroid dienone is 1. The lowest BCUT2D eigenvalue weighted by Crippen LogP contribution is -2.60. The van der Waals surface area contributed by atoms with Gasteiger partial charge < -0.3 is 29.7 Å². The molecule has 1 aromatic carbocycles. The molecule has 4 amide bonds. The minimum atomic E-state index is -4.94. The van der Waals surface area contributed by atoms with Crippen LogP contribution in [0.1, 0.15) is 72.6 Å². The van der Waals surface area contributed by atoms with Gasteiger partial charge in [-0.15, -0.1) is 0 Å². The fourth-order valence-electron chi connectivity index (χ4n) is 7.81. The molecule has 3 fully saturated rings. The number of nitrogens with zero attached hydrogens (tertiary/aromatic N) is 2. The van der Waals surface area contributed by atoms with Crippen LogP contribution in [0.4, 0.5) is 22.4 Å². The number of ether oxygens (including phenoxy) is 3. The van der Waals surface area contributed by atoms with Crippen molar-refractivity contribution in [3.63, 3.8) is 0 Å². The molecule has 6 rings (SSSR count). The summed E-state index contributed by atoms with van der Waals surface area (Å²) >= 11 is 6.50. The molecule has 3 heterocycles. The van der Waals surface area contributed by atoms with Crippen LogP contribution in [0.5, 0.6) is 11.6 Å². The number of nitrogens with one attached hydrogen (secondary N) is 3. The Balaban J connectivity index is 1.37. The van der Waals surface area contributed by atoms with E-state index in [2.05, 4.69) is 15.6 Å². The van der Waals surface area contributed by atoms with E-state index < -0.39 is 92.6 Å². The molecule has 1 aromatic heterocycles. The Kier molecular flexibility index (Phi) is 12.2. The van der Waals surface area contributed by atoms with E-state index in [1.807, 2.05) is 11.6 Å². The Morgan fingerprint density at radius 1 is 1.14 bits per heavy atom. The van der Waals surface area contributed by atoms with Crippen molar-refractivity contribution in [2.45, 2.75) is 113 Å². The maximum Gasteiger partial charge on any atom is 0.427 e. The number of carbonyl (C=O) groups excluding carboxylic acids is 4. The van der Waals surface area contributed by atoms with E-state index in [4.69, 9.17) is 25.8 Å². The van der Waals surface area contributed by atoms with Gasteiger partial charge >= 0.3 is 12.3 Å². The normalized spacial score (nSPS) is 29.2. The summed E-state index contributed by atoms with van der Waals surface area (Å²) in [5, 5.41) is 6.31. The first-order valence-electron chi connectivity index (χ1n) is 19.3. The van der Waals surface area contributed by atoms with Crippen LogP contribution in [-0.4, -0.2) is 103 Å². The van der Waals surface area contributed by atoms with E-state index in [0.717, 1.165) is 4.90 Å². The average molecular weight is 874 g/mol. The third-order valence-corrected chi connectivity index (χ3v) is 14.3. The molecular weight excluding hydrogens is 826 g/mol.